The van der Waals surface area contributed by atoms with Crippen molar-refractivity contribution in [3.05, 3.63) is 170 Å². The van der Waals surface area contributed by atoms with Crippen molar-refractivity contribution in [3.63, 3.8) is 0 Å². The zero-order chi connectivity index (χ0) is 29.0. The molecular weight excluding hydrogens is 528 g/mol. The molecule has 9 aromatic rings. The number of rotatable bonds is 3. The minimum Gasteiger partial charge on any atom is -0.0622 e. The van der Waals surface area contributed by atoms with E-state index in [0.717, 1.165) is 0 Å². The average Bonchev–Trinajstić information content (AvgIpc) is 3.11. The summed E-state index contributed by atoms with van der Waals surface area (Å²) < 4.78 is 0. The Hall–Kier alpha value is -5.72. The Kier molecular flexibility index (Phi) is 5.61. The van der Waals surface area contributed by atoms with Crippen LogP contribution in [0.3, 0.4) is 0 Å². The summed E-state index contributed by atoms with van der Waals surface area (Å²) in [5.41, 5.74) is 7.46. The molecule has 0 aromatic heterocycles. The third-order valence-electron chi connectivity index (χ3n) is 9.22. The van der Waals surface area contributed by atoms with Crippen molar-refractivity contribution in [1.29, 1.82) is 0 Å². The van der Waals surface area contributed by atoms with Crippen LogP contribution in [0.2, 0.25) is 0 Å². The Bertz CT molecular complexity index is 2540. The zero-order valence-corrected chi connectivity index (χ0v) is 24.2. The van der Waals surface area contributed by atoms with E-state index in [2.05, 4.69) is 170 Å². The van der Waals surface area contributed by atoms with Crippen LogP contribution in [0.1, 0.15) is 0 Å². The van der Waals surface area contributed by atoms with Gasteiger partial charge in [0.2, 0.25) is 0 Å². The van der Waals surface area contributed by atoms with Gasteiger partial charge in [-0.1, -0.05) is 152 Å². The fraction of sp³-hybridized carbons (Fsp3) is 0. The second-order valence-electron chi connectivity index (χ2n) is 11.7. The van der Waals surface area contributed by atoms with Crippen molar-refractivity contribution < 1.29 is 0 Å². The van der Waals surface area contributed by atoms with Gasteiger partial charge in [-0.15, -0.1) is 0 Å². The van der Waals surface area contributed by atoms with Crippen LogP contribution in [-0.4, -0.2) is 0 Å². The molecule has 0 saturated carbocycles. The Labute approximate surface area is 256 Å². The molecule has 9 aromatic carbocycles. The first-order valence-electron chi connectivity index (χ1n) is 15.3. The van der Waals surface area contributed by atoms with Gasteiger partial charge in [0.15, 0.2) is 0 Å². The molecule has 0 unspecified atom stereocenters. The number of fused-ring (bicyclic) bond motifs is 8. The average molecular weight is 557 g/mol. The van der Waals surface area contributed by atoms with E-state index in [9.17, 15) is 0 Å². The normalized spacial score (nSPS) is 11.6. The number of hydrogen-bond acceptors (Lipinski definition) is 0. The summed E-state index contributed by atoms with van der Waals surface area (Å²) in [7, 11) is 0. The highest BCUT2D eigenvalue weighted by atomic mass is 14.2. The van der Waals surface area contributed by atoms with Crippen molar-refractivity contribution in [3.8, 4) is 33.4 Å². The molecule has 0 amide bonds. The first kappa shape index (κ1) is 24.8. The van der Waals surface area contributed by atoms with Crippen LogP contribution in [0.5, 0.6) is 0 Å². The largest absolute Gasteiger partial charge is 0.0622 e. The first-order valence-corrected chi connectivity index (χ1v) is 15.3. The highest BCUT2D eigenvalue weighted by Crippen LogP contribution is 2.44. The monoisotopic (exact) mass is 556 g/mol. The highest BCUT2D eigenvalue weighted by Gasteiger charge is 2.17. The van der Waals surface area contributed by atoms with Crippen LogP contribution in [0.15, 0.2) is 170 Å². The summed E-state index contributed by atoms with van der Waals surface area (Å²) in [4.78, 5) is 0. The van der Waals surface area contributed by atoms with Gasteiger partial charge in [-0.25, -0.2) is 0 Å². The van der Waals surface area contributed by atoms with Gasteiger partial charge in [0.1, 0.15) is 0 Å². The van der Waals surface area contributed by atoms with Crippen LogP contribution in [0, 0.1) is 0 Å². The SMILES string of the molecule is c1ccc(-c2cc(-c3cc4ccccc4c4ccccc34)ccc2-c2cc3ccc4ccccc4c3c3ccccc23)cc1. The molecule has 0 heteroatoms. The van der Waals surface area contributed by atoms with E-state index in [4.69, 9.17) is 0 Å². The summed E-state index contributed by atoms with van der Waals surface area (Å²) in [5.74, 6) is 0. The lowest BCUT2D eigenvalue weighted by Gasteiger charge is -2.18. The summed E-state index contributed by atoms with van der Waals surface area (Å²) in [6, 6.07) is 62.4. The predicted molar refractivity (Wildman–Crippen MR) is 190 cm³/mol. The third kappa shape index (κ3) is 3.85. The van der Waals surface area contributed by atoms with E-state index in [-0.39, 0.29) is 0 Å². The lowest BCUT2D eigenvalue weighted by atomic mass is 9.85. The molecule has 0 bridgehead atoms. The van der Waals surface area contributed by atoms with Gasteiger partial charge in [0, 0.05) is 0 Å². The lowest BCUT2D eigenvalue weighted by Crippen LogP contribution is -1.91. The van der Waals surface area contributed by atoms with Crippen molar-refractivity contribution >= 4 is 53.9 Å². The molecule has 204 valence electrons. The molecule has 0 atom stereocenters. The van der Waals surface area contributed by atoms with Crippen LogP contribution in [0.4, 0.5) is 0 Å². The van der Waals surface area contributed by atoms with Crippen LogP contribution < -0.4 is 0 Å². The molecule has 44 heavy (non-hydrogen) atoms. The van der Waals surface area contributed by atoms with Gasteiger partial charge in [-0.3, -0.25) is 0 Å². The molecule has 0 fully saturated rings. The Morgan fingerprint density at radius 3 is 1.59 bits per heavy atom. The molecule has 0 aliphatic carbocycles. The topological polar surface area (TPSA) is 0 Å². The van der Waals surface area contributed by atoms with E-state index in [0.29, 0.717) is 0 Å². The van der Waals surface area contributed by atoms with Gasteiger partial charge in [-0.05, 0) is 105 Å². The second-order valence-corrected chi connectivity index (χ2v) is 11.7. The molecule has 0 nitrogen and oxygen atoms in total. The van der Waals surface area contributed by atoms with E-state index < -0.39 is 0 Å². The van der Waals surface area contributed by atoms with Gasteiger partial charge < -0.3 is 0 Å². The quantitative estimate of drug-likeness (QED) is 0.190. The van der Waals surface area contributed by atoms with Crippen molar-refractivity contribution in [2.24, 2.45) is 0 Å². The maximum Gasteiger partial charge on any atom is -0.00264 e. The van der Waals surface area contributed by atoms with E-state index in [1.54, 1.807) is 0 Å². The standard InChI is InChI=1S/C44H28/c1-2-12-29(13-3-1)41-27-32(42-26-31-15-5-6-16-34(31)36-18-8-9-19-37(36)42)24-25-39(41)43-28-33-23-22-30-14-4-7-17-35(30)44(33)40-21-11-10-20-38(40)43/h1-28H. The van der Waals surface area contributed by atoms with Gasteiger partial charge >= 0.3 is 0 Å². The molecule has 0 radical (unpaired) electrons. The summed E-state index contributed by atoms with van der Waals surface area (Å²) in [6.45, 7) is 0. The summed E-state index contributed by atoms with van der Waals surface area (Å²) in [6.07, 6.45) is 0. The summed E-state index contributed by atoms with van der Waals surface area (Å²) >= 11 is 0. The minimum atomic E-state index is 1.22. The second kappa shape index (κ2) is 9.93. The van der Waals surface area contributed by atoms with Crippen molar-refractivity contribution in [2.45, 2.75) is 0 Å². The fourth-order valence-corrected chi connectivity index (χ4v) is 7.20. The van der Waals surface area contributed by atoms with Crippen molar-refractivity contribution in [2.75, 3.05) is 0 Å². The Morgan fingerprint density at radius 1 is 0.227 bits per heavy atom. The molecule has 0 saturated heterocycles. The van der Waals surface area contributed by atoms with Crippen LogP contribution >= 0.6 is 0 Å². The lowest BCUT2D eigenvalue weighted by molar-refractivity contribution is 1.59. The number of benzene rings is 9. The highest BCUT2D eigenvalue weighted by molar-refractivity contribution is 6.24. The maximum absolute atomic E-state index is 2.40. The molecule has 0 aliphatic rings. The molecule has 9 rings (SSSR count). The van der Waals surface area contributed by atoms with Crippen molar-refractivity contribution in [1.82, 2.24) is 0 Å². The van der Waals surface area contributed by atoms with Crippen LogP contribution in [0.25, 0.3) is 87.2 Å². The van der Waals surface area contributed by atoms with E-state index in [1.165, 1.54) is 87.2 Å². The van der Waals surface area contributed by atoms with Gasteiger partial charge in [0.05, 0.1) is 0 Å². The zero-order valence-electron chi connectivity index (χ0n) is 24.2. The third-order valence-corrected chi connectivity index (χ3v) is 9.22. The van der Waals surface area contributed by atoms with Gasteiger partial charge in [-0.2, -0.15) is 0 Å². The van der Waals surface area contributed by atoms with E-state index >= 15 is 0 Å². The van der Waals surface area contributed by atoms with E-state index in [1.807, 2.05) is 0 Å². The molecule has 0 heterocycles. The number of hydrogen-bond donors (Lipinski definition) is 0. The Morgan fingerprint density at radius 2 is 0.795 bits per heavy atom. The maximum atomic E-state index is 2.40. The van der Waals surface area contributed by atoms with Crippen LogP contribution in [-0.2, 0) is 0 Å². The van der Waals surface area contributed by atoms with Gasteiger partial charge in [0.25, 0.3) is 0 Å². The molecule has 0 spiro atoms. The smallest absolute Gasteiger partial charge is 0.00264 e. The molecule has 0 N–H and O–H groups in total. The Balaban J connectivity index is 1.35. The first-order chi connectivity index (χ1) is 21.8. The molecular formula is C44H28. The minimum absolute atomic E-state index is 1.22. The predicted octanol–water partition coefficient (Wildman–Crippen LogP) is 12.5. The molecule has 0 aliphatic heterocycles. The summed E-state index contributed by atoms with van der Waals surface area (Å²) in [5, 5.41) is 12.9. The fourth-order valence-electron chi connectivity index (χ4n) is 7.20.